The molecule has 0 saturated carbocycles. The summed E-state index contributed by atoms with van der Waals surface area (Å²) in [5.41, 5.74) is 1.47. The minimum atomic E-state index is -0.568. The third-order valence-corrected chi connectivity index (χ3v) is 7.05. The van der Waals surface area contributed by atoms with Crippen LogP contribution in [0.4, 0.5) is 11.5 Å². The average molecular weight is 558 g/mol. The number of hydrogen-bond donors (Lipinski definition) is 3. The van der Waals surface area contributed by atoms with Crippen LogP contribution in [-0.4, -0.2) is 51.0 Å². The van der Waals surface area contributed by atoms with E-state index < -0.39 is 11.8 Å². The zero-order valence-electron chi connectivity index (χ0n) is 21.6. The van der Waals surface area contributed by atoms with Crippen molar-refractivity contribution in [1.82, 2.24) is 14.5 Å². The standard InChI is InChI=1S/C30H28ClN5O4/c31-22-12-13-26(32-19-22)33-29(39)24-5-3-7-25(37)27(24)34-28(38)21-10-8-20(9-11-21)23-6-4-16-36(30(23)40)18-17-35-14-1-2-15-35/h3-13,16,19,37H,1-2,14-15,17-18H2,(H,34,38)(H,32,33,39). The highest BCUT2D eigenvalue weighted by molar-refractivity contribution is 6.30. The van der Waals surface area contributed by atoms with E-state index >= 15 is 0 Å². The fraction of sp³-hybridized carbons (Fsp3) is 0.200. The summed E-state index contributed by atoms with van der Waals surface area (Å²) in [6.07, 6.45) is 5.60. The molecule has 0 unspecified atom stereocenters. The first-order chi connectivity index (χ1) is 19.4. The summed E-state index contributed by atoms with van der Waals surface area (Å²) in [4.78, 5) is 45.5. The van der Waals surface area contributed by atoms with Crippen molar-refractivity contribution in [2.75, 3.05) is 30.3 Å². The first-order valence-electron chi connectivity index (χ1n) is 13.0. The Hall–Kier alpha value is -4.47. The summed E-state index contributed by atoms with van der Waals surface area (Å²) in [5.74, 6) is -1.09. The molecule has 4 aromatic rings. The van der Waals surface area contributed by atoms with E-state index in [0.29, 0.717) is 28.3 Å². The van der Waals surface area contributed by atoms with Crippen molar-refractivity contribution in [3.63, 3.8) is 0 Å². The first-order valence-corrected chi connectivity index (χ1v) is 13.4. The number of nitrogens with zero attached hydrogens (tertiary/aromatic N) is 3. The maximum Gasteiger partial charge on any atom is 0.259 e. The van der Waals surface area contributed by atoms with E-state index in [1.807, 2.05) is 6.07 Å². The summed E-state index contributed by atoms with van der Waals surface area (Å²) in [6, 6.07) is 17.7. The maximum absolute atomic E-state index is 13.1. The molecule has 3 heterocycles. The number of phenolic OH excluding ortho intramolecular Hbond substituents is 1. The Labute approximate surface area is 236 Å². The van der Waals surface area contributed by atoms with E-state index in [1.165, 1.54) is 43.3 Å². The summed E-state index contributed by atoms with van der Waals surface area (Å²) in [7, 11) is 0. The lowest BCUT2D eigenvalue weighted by Gasteiger charge is -2.16. The minimum Gasteiger partial charge on any atom is -0.506 e. The van der Waals surface area contributed by atoms with Gasteiger partial charge in [0, 0.05) is 36.6 Å². The smallest absolute Gasteiger partial charge is 0.259 e. The fourth-order valence-corrected chi connectivity index (χ4v) is 4.78. The largest absolute Gasteiger partial charge is 0.506 e. The van der Waals surface area contributed by atoms with Crippen LogP contribution in [0.1, 0.15) is 33.6 Å². The van der Waals surface area contributed by atoms with Crippen LogP contribution in [0.15, 0.2) is 83.9 Å². The van der Waals surface area contributed by atoms with Crippen molar-refractivity contribution >= 4 is 34.9 Å². The first kappa shape index (κ1) is 27.1. The van der Waals surface area contributed by atoms with Crippen molar-refractivity contribution in [3.05, 3.63) is 106 Å². The van der Waals surface area contributed by atoms with Crippen LogP contribution >= 0.6 is 11.6 Å². The van der Waals surface area contributed by atoms with Gasteiger partial charge in [-0.05, 0) is 80.0 Å². The number of anilines is 2. The summed E-state index contributed by atoms with van der Waals surface area (Å²) < 4.78 is 1.72. The number of rotatable bonds is 8. The minimum absolute atomic E-state index is 0.0352. The Bertz CT molecular complexity index is 1580. The third kappa shape index (κ3) is 6.22. The number of hydrogen-bond acceptors (Lipinski definition) is 6. The van der Waals surface area contributed by atoms with E-state index in [-0.39, 0.29) is 28.4 Å². The Morgan fingerprint density at radius 1 is 0.900 bits per heavy atom. The van der Waals surface area contributed by atoms with Gasteiger partial charge >= 0.3 is 0 Å². The number of phenols is 1. The molecular weight excluding hydrogens is 530 g/mol. The normalized spacial score (nSPS) is 13.2. The van der Waals surface area contributed by atoms with Crippen LogP contribution in [-0.2, 0) is 6.54 Å². The number of aromatic nitrogens is 2. The Kier molecular flexibility index (Phi) is 8.23. The van der Waals surface area contributed by atoms with Crippen molar-refractivity contribution < 1.29 is 14.7 Å². The molecule has 1 aliphatic rings. The summed E-state index contributed by atoms with van der Waals surface area (Å²) in [5, 5.41) is 16.1. The summed E-state index contributed by atoms with van der Waals surface area (Å²) in [6.45, 7) is 3.61. The van der Waals surface area contributed by atoms with Crippen molar-refractivity contribution in [2.45, 2.75) is 19.4 Å². The third-order valence-electron chi connectivity index (χ3n) is 6.83. The number of carbonyl (C=O) groups excluding carboxylic acids is 2. The molecule has 9 nitrogen and oxygen atoms in total. The molecule has 0 aliphatic carbocycles. The highest BCUT2D eigenvalue weighted by Crippen LogP contribution is 2.29. The molecule has 1 saturated heterocycles. The number of amides is 2. The molecule has 0 bridgehead atoms. The lowest BCUT2D eigenvalue weighted by atomic mass is 10.0. The lowest BCUT2D eigenvalue weighted by Crippen LogP contribution is -2.29. The topological polar surface area (TPSA) is 117 Å². The van der Waals surface area contributed by atoms with Gasteiger partial charge in [0.2, 0.25) is 0 Å². The highest BCUT2D eigenvalue weighted by atomic mass is 35.5. The van der Waals surface area contributed by atoms with Crippen molar-refractivity contribution in [2.24, 2.45) is 0 Å². The number of para-hydroxylation sites is 1. The molecule has 3 N–H and O–H groups in total. The molecule has 10 heteroatoms. The van der Waals surface area contributed by atoms with Gasteiger partial charge in [-0.1, -0.05) is 29.8 Å². The van der Waals surface area contributed by atoms with Gasteiger partial charge in [-0.15, -0.1) is 0 Å². The van der Waals surface area contributed by atoms with Crippen molar-refractivity contribution in [1.29, 1.82) is 0 Å². The van der Waals surface area contributed by atoms with Gasteiger partial charge in [0.05, 0.1) is 16.3 Å². The molecule has 40 heavy (non-hydrogen) atoms. The average Bonchev–Trinajstić information content (AvgIpc) is 3.49. The second kappa shape index (κ2) is 12.1. The van der Waals surface area contributed by atoms with Crippen LogP contribution in [0.5, 0.6) is 5.75 Å². The van der Waals surface area contributed by atoms with E-state index in [2.05, 4.69) is 20.5 Å². The molecular formula is C30H28ClN5O4. The molecule has 204 valence electrons. The number of likely N-dealkylation sites (tertiary alicyclic amines) is 1. The molecule has 1 aliphatic heterocycles. The van der Waals surface area contributed by atoms with Gasteiger partial charge in [-0.3, -0.25) is 14.4 Å². The van der Waals surface area contributed by atoms with Crippen LogP contribution in [0.2, 0.25) is 5.02 Å². The summed E-state index contributed by atoms with van der Waals surface area (Å²) >= 11 is 5.85. The number of nitrogens with one attached hydrogen (secondary N) is 2. The molecule has 2 aromatic heterocycles. The Morgan fingerprint density at radius 2 is 1.68 bits per heavy atom. The fourth-order valence-electron chi connectivity index (χ4n) is 4.67. The highest BCUT2D eigenvalue weighted by Gasteiger charge is 2.19. The number of halogens is 1. The Morgan fingerprint density at radius 3 is 2.40 bits per heavy atom. The van der Waals surface area contributed by atoms with Gasteiger partial charge in [-0.25, -0.2) is 4.98 Å². The second-order valence-electron chi connectivity index (χ2n) is 9.52. The van der Waals surface area contributed by atoms with E-state index in [0.717, 1.165) is 19.6 Å². The second-order valence-corrected chi connectivity index (χ2v) is 9.95. The van der Waals surface area contributed by atoms with Crippen LogP contribution in [0, 0.1) is 0 Å². The number of benzene rings is 2. The molecule has 0 radical (unpaired) electrons. The van der Waals surface area contributed by atoms with E-state index in [9.17, 15) is 19.5 Å². The van der Waals surface area contributed by atoms with Gasteiger partial charge in [0.15, 0.2) is 0 Å². The number of aromatic hydroxyl groups is 1. The van der Waals surface area contributed by atoms with Crippen molar-refractivity contribution in [3.8, 4) is 16.9 Å². The van der Waals surface area contributed by atoms with Gasteiger partial charge in [0.1, 0.15) is 11.6 Å². The number of carbonyl (C=O) groups is 2. The molecule has 2 amide bonds. The SMILES string of the molecule is O=C(Nc1c(O)cccc1C(=O)Nc1ccc(Cl)cn1)c1ccc(-c2cccn(CCN3CCCC3)c2=O)cc1. The van der Waals surface area contributed by atoms with Crippen LogP contribution in [0.25, 0.3) is 11.1 Å². The molecule has 1 fully saturated rings. The van der Waals surface area contributed by atoms with E-state index in [4.69, 9.17) is 11.6 Å². The van der Waals surface area contributed by atoms with Gasteiger partial charge in [-0.2, -0.15) is 0 Å². The Balaban J connectivity index is 1.30. The van der Waals surface area contributed by atoms with E-state index in [1.54, 1.807) is 47.2 Å². The maximum atomic E-state index is 13.1. The molecule has 0 spiro atoms. The van der Waals surface area contributed by atoms with Crippen LogP contribution < -0.4 is 16.2 Å². The van der Waals surface area contributed by atoms with Gasteiger partial charge < -0.3 is 25.2 Å². The predicted octanol–water partition coefficient (Wildman–Crippen LogP) is 4.87. The predicted molar refractivity (Wildman–Crippen MR) is 155 cm³/mol. The monoisotopic (exact) mass is 557 g/mol. The molecule has 0 atom stereocenters. The van der Waals surface area contributed by atoms with Crippen LogP contribution in [0.3, 0.4) is 0 Å². The molecule has 2 aromatic carbocycles. The van der Waals surface area contributed by atoms with Gasteiger partial charge in [0.25, 0.3) is 17.4 Å². The number of pyridine rings is 2. The zero-order valence-corrected chi connectivity index (χ0v) is 22.4. The quantitative estimate of drug-likeness (QED) is 0.266. The zero-order chi connectivity index (χ0) is 28.1. The molecule has 5 rings (SSSR count). The lowest BCUT2D eigenvalue weighted by molar-refractivity contribution is 0.102.